The van der Waals surface area contributed by atoms with Gasteiger partial charge < -0.3 is 15.8 Å². The van der Waals surface area contributed by atoms with Gasteiger partial charge in [0.25, 0.3) is 0 Å². The van der Waals surface area contributed by atoms with Gasteiger partial charge in [-0.3, -0.25) is 0 Å². The fraction of sp³-hybridized carbons (Fsp3) is 0.500. The Morgan fingerprint density at radius 2 is 2.11 bits per heavy atom. The number of rotatable bonds is 5. The first-order chi connectivity index (χ1) is 8.88. The summed E-state index contributed by atoms with van der Waals surface area (Å²) in [7, 11) is 0. The first kappa shape index (κ1) is 15.0. The number of hydrogen-bond donors (Lipinski definition) is 2. The highest BCUT2D eigenvalue weighted by atomic mass is 19.4. The highest BCUT2D eigenvalue weighted by molar-refractivity contribution is 5.80. The molecule has 1 heterocycles. The number of alkyl halides is 3. The van der Waals surface area contributed by atoms with Gasteiger partial charge in [0.1, 0.15) is 5.84 Å². The largest absolute Gasteiger partial charge is 0.435 e. The molecule has 0 saturated carbocycles. The van der Waals surface area contributed by atoms with E-state index in [1.54, 1.807) is 4.90 Å². The van der Waals surface area contributed by atoms with Crippen molar-refractivity contribution in [3.8, 4) is 0 Å². The molecule has 19 heavy (non-hydrogen) atoms. The van der Waals surface area contributed by atoms with Gasteiger partial charge in [-0.05, 0) is 19.1 Å². The van der Waals surface area contributed by atoms with Crippen LogP contribution in [0.4, 0.5) is 19.0 Å². The second-order valence-corrected chi connectivity index (χ2v) is 3.70. The Kier molecular flexibility index (Phi) is 4.90. The highest BCUT2D eigenvalue weighted by Gasteiger charge is 2.33. The quantitative estimate of drug-likeness (QED) is 0.368. The van der Waals surface area contributed by atoms with Crippen LogP contribution in [0.2, 0.25) is 0 Å². The molecular formula is C10H14F3N5O. The molecule has 0 aliphatic heterocycles. The third-order valence-corrected chi connectivity index (χ3v) is 2.41. The summed E-state index contributed by atoms with van der Waals surface area (Å²) in [4.78, 5) is 1.67. The van der Waals surface area contributed by atoms with E-state index >= 15 is 0 Å². The zero-order chi connectivity index (χ0) is 14.5. The molecule has 1 aromatic rings. The minimum absolute atomic E-state index is 0.0401. The SMILES string of the molecule is CCN(CC/C(N)=N/O)c1ccc(C(F)(F)F)nn1. The lowest BCUT2D eigenvalue weighted by Gasteiger charge is -2.21. The monoisotopic (exact) mass is 277 g/mol. The Morgan fingerprint density at radius 3 is 2.53 bits per heavy atom. The number of nitrogens with zero attached hydrogens (tertiary/aromatic N) is 4. The molecule has 0 saturated heterocycles. The second kappa shape index (κ2) is 6.21. The number of aromatic nitrogens is 2. The summed E-state index contributed by atoms with van der Waals surface area (Å²) in [6.45, 7) is 2.69. The lowest BCUT2D eigenvalue weighted by Crippen LogP contribution is -2.29. The van der Waals surface area contributed by atoms with E-state index in [1.807, 2.05) is 6.92 Å². The summed E-state index contributed by atoms with van der Waals surface area (Å²) in [6.07, 6.45) is -4.23. The van der Waals surface area contributed by atoms with Gasteiger partial charge in [-0.2, -0.15) is 13.2 Å². The van der Waals surface area contributed by atoms with E-state index in [-0.39, 0.29) is 12.3 Å². The van der Waals surface area contributed by atoms with Crippen LogP contribution in [-0.4, -0.2) is 34.3 Å². The van der Waals surface area contributed by atoms with Gasteiger partial charge >= 0.3 is 6.18 Å². The third kappa shape index (κ3) is 4.27. The summed E-state index contributed by atoms with van der Waals surface area (Å²) in [5.41, 5.74) is 4.29. The molecule has 0 radical (unpaired) electrons. The van der Waals surface area contributed by atoms with Crippen molar-refractivity contribution in [3.63, 3.8) is 0 Å². The smallest absolute Gasteiger partial charge is 0.409 e. The van der Waals surface area contributed by atoms with Crippen LogP contribution < -0.4 is 10.6 Å². The fourth-order valence-corrected chi connectivity index (χ4v) is 1.38. The van der Waals surface area contributed by atoms with Crippen LogP contribution in [0.3, 0.4) is 0 Å². The summed E-state index contributed by atoms with van der Waals surface area (Å²) in [6, 6.07) is 2.11. The maximum absolute atomic E-state index is 12.3. The van der Waals surface area contributed by atoms with E-state index in [1.165, 1.54) is 6.07 Å². The van der Waals surface area contributed by atoms with Gasteiger partial charge in [0.05, 0.1) is 0 Å². The van der Waals surface area contributed by atoms with Crippen molar-refractivity contribution in [2.24, 2.45) is 10.9 Å². The van der Waals surface area contributed by atoms with Crippen LogP contribution in [0.1, 0.15) is 19.0 Å². The highest BCUT2D eigenvalue weighted by Crippen LogP contribution is 2.27. The molecule has 0 unspecified atom stereocenters. The lowest BCUT2D eigenvalue weighted by atomic mass is 10.3. The van der Waals surface area contributed by atoms with Gasteiger partial charge in [0.2, 0.25) is 0 Å². The van der Waals surface area contributed by atoms with Crippen LogP contribution in [-0.2, 0) is 6.18 Å². The Morgan fingerprint density at radius 1 is 1.42 bits per heavy atom. The molecule has 0 fully saturated rings. The number of anilines is 1. The van der Waals surface area contributed by atoms with Gasteiger partial charge in [-0.15, -0.1) is 10.2 Å². The molecule has 0 amide bonds. The zero-order valence-corrected chi connectivity index (χ0v) is 10.2. The molecule has 0 atom stereocenters. The van der Waals surface area contributed by atoms with E-state index in [0.29, 0.717) is 18.9 Å². The van der Waals surface area contributed by atoms with Gasteiger partial charge in [0, 0.05) is 19.5 Å². The molecule has 6 nitrogen and oxygen atoms in total. The Labute approximate surface area is 107 Å². The van der Waals surface area contributed by atoms with Crippen molar-refractivity contribution in [2.45, 2.75) is 19.5 Å². The van der Waals surface area contributed by atoms with Crippen molar-refractivity contribution in [2.75, 3.05) is 18.0 Å². The molecule has 0 bridgehead atoms. The van der Waals surface area contributed by atoms with Crippen LogP contribution in [0.5, 0.6) is 0 Å². The van der Waals surface area contributed by atoms with Gasteiger partial charge in [-0.25, -0.2) is 0 Å². The number of nitrogens with two attached hydrogens (primary N) is 1. The topological polar surface area (TPSA) is 87.6 Å². The molecule has 1 rings (SSSR count). The minimum Gasteiger partial charge on any atom is -0.409 e. The van der Waals surface area contributed by atoms with Crippen LogP contribution in [0.25, 0.3) is 0 Å². The van der Waals surface area contributed by atoms with Crippen LogP contribution in [0.15, 0.2) is 17.3 Å². The van der Waals surface area contributed by atoms with Crippen LogP contribution in [0, 0.1) is 0 Å². The Balaban J connectivity index is 2.77. The Hall–Kier alpha value is -2.06. The first-order valence-corrected chi connectivity index (χ1v) is 5.50. The second-order valence-electron chi connectivity index (χ2n) is 3.70. The maximum atomic E-state index is 12.3. The molecule has 0 aliphatic carbocycles. The predicted molar refractivity (Wildman–Crippen MR) is 62.9 cm³/mol. The van der Waals surface area contributed by atoms with E-state index < -0.39 is 11.9 Å². The first-order valence-electron chi connectivity index (χ1n) is 5.50. The van der Waals surface area contributed by atoms with E-state index in [9.17, 15) is 13.2 Å². The van der Waals surface area contributed by atoms with Crippen molar-refractivity contribution in [1.82, 2.24) is 10.2 Å². The average molecular weight is 277 g/mol. The van der Waals surface area contributed by atoms with E-state index in [0.717, 1.165) is 6.07 Å². The maximum Gasteiger partial charge on any atom is 0.435 e. The third-order valence-electron chi connectivity index (χ3n) is 2.41. The normalized spacial score (nSPS) is 12.5. The average Bonchev–Trinajstić information content (AvgIpc) is 2.38. The van der Waals surface area contributed by atoms with E-state index in [4.69, 9.17) is 10.9 Å². The predicted octanol–water partition coefficient (Wildman–Crippen LogP) is 1.46. The zero-order valence-electron chi connectivity index (χ0n) is 10.2. The van der Waals surface area contributed by atoms with Crippen molar-refractivity contribution in [1.29, 1.82) is 0 Å². The minimum atomic E-state index is -4.50. The standard InChI is InChI=1S/C10H14F3N5O/c1-2-18(6-5-8(14)17-19)9-4-3-7(15-16-9)10(11,12)13/h3-4,19H,2,5-6H2,1H3,(H2,14,17). The number of oxime groups is 1. The van der Waals surface area contributed by atoms with Crippen molar-refractivity contribution < 1.29 is 18.4 Å². The summed E-state index contributed by atoms with van der Waals surface area (Å²) >= 11 is 0. The Bertz CT molecular complexity index is 432. The molecule has 3 N–H and O–H groups in total. The molecule has 106 valence electrons. The van der Waals surface area contributed by atoms with Crippen molar-refractivity contribution in [3.05, 3.63) is 17.8 Å². The summed E-state index contributed by atoms with van der Waals surface area (Å²) in [5.74, 6) is 0.347. The lowest BCUT2D eigenvalue weighted by molar-refractivity contribution is -0.141. The summed E-state index contributed by atoms with van der Waals surface area (Å²) < 4.78 is 37.0. The van der Waals surface area contributed by atoms with E-state index in [2.05, 4.69) is 15.4 Å². The molecule has 0 spiro atoms. The fourth-order valence-electron chi connectivity index (χ4n) is 1.38. The molecular weight excluding hydrogens is 263 g/mol. The number of amidine groups is 1. The van der Waals surface area contributed by atoms with Gasteiger partial charge in [0.15, 0.2) is 11.5 Å². The number of hydrogen-bond acceptors (Lipinski definition) is 5. The summed E-state index contributed by atoms with van der Waals surface area (Å²) in [5, 5.41) is 17.9. The molecule has 9 heteroatoms. The number of halogens is 3. The molecule has 0 aromatic carbocycles. The molecule has 1 aromatic heterocycles. The molecule has 0 aliphatic rings. The van der Waals surface area contributed by atoms with Gasteiger partial charge in [-0.1, -0.05) is 5.16 Å². The van der Waals surface area contributed by atoms with Crippen LogP contribution >= 0.6 is 0 Å². The van der Waals surface area contributed by atoms with Crippen molar-refractivity contribution >= 4 is 11.7 Å².